The summed E-state index contributed by atoms with van der Waals surface area (Å²) in [5.41, 5.74) is 2.88. The fourth-order valence-corrected chi connectivity index (χ4v) is 1.80. The van der Waals surface area contributed by atoms with Gasteiger partial charge in [-0.1, -0.05) is 12.1 Å². The van der Waals surface area contributed by atoms with E-state index in [-0.39, 0.29) is 5.91 Å². The molecular weight excluding hydrogens is 242 g/mol. The van der Waals surface area contributed by atoms with Crippen molar-refractivity contribution in [2.75, 3.05) is 7.11 Å². The molecular formula is C14H17N3O2. The Balaban J connectivity index is 1.91. The average molecular weight is 259 g/mol. The summed E-state index contributed by atoms with van der Waals surface area (Å²) in [6.07, 6.45) is 3.62. The van der Waals surface area contributed by atoms with Crippen LogP contribution in [0.25, 0.3) is 0 Å². The van der Waals surface area contributed by atoms with Gasteiger partial charge in [-0.05, 0) is 24.1 Å². The Kier molecular flexibility index (Phi) is 4.18. The molecule has 2 N–H and O–H groups in total. The van der Waals surface area contributed by atoms with Crippen molar-refractivity contribution in [2.45, 2.75) is 19.9 Å². The van der Waals surface area contributed by atoms with E-state index >= 15 is 0 Å². The summed E-state index contributed by atoms with van der Waals surface area (Å²) < 4.78 is 5.24. The highest BCUT2D eigenvalue weighted by Gasteiger charge is 2.06. The van der Waals surface area contributed by atoms with Crippen molar-refractivity contribution in [2.24, 2.45) is 0 Å². The molecule has 0 saturated carbocycles. The maximum absolute atomic E-state index is 11.8. The van der Waals surface area contributed by atoms with Crippen molar-refractivity contribution in [3.63, 3.8) is 0 Å². The normalized spacial score (nSPS) is 10.2. The Morgan fingerprint density at radius 2 is 2.32 bits per heavy atom. The van der Waals surface area contributed by atoms with Gasteiger partial charge in [0.25, 0.3) is 0 Å². The van der Waals surface area contributed by atoms with Crippen molar-refractivity contribution < 1.29 is 9.53 Å². The smallest absolute Gasteiger partial charge is 0.224 e. The molecule has 0 unspecified atom stereocenters. The van der Waals surface area contributed by atoms with E-state index in [4.69, 9.17) is 4.74 Å². The summed E-state index contributed by atoms with van der Waals surface area (Å²) in [4.78, 5) is 18.6. The van der Waals surface area contributed by atoms with Crippen molar-refractivity contribution in [3.8, 4) is 5.75 Å². The number of aromatic nitrogens is 2. The first-order chi connectivity index (χ1) is 9.19. The third kappa shape index (κ3) is 3.58. The molecule has 5 heteroatoms. The van der Waals surface area contributed by atoms with Gasteiger partial charge in [0.05, 0.1) is 32.1 Å². The van der Waals surface area contributed by atoms with Crippen molar-refractivity contribution in [3.05, 3.63) is 47.5 Å². The molecule has 1 aromatic carbocycles. The summed E-state index contributed by atoms with van der Waals surface area (Å²) in [6.45, 7) is 2.43. The van der Waals surface area contributed by atoms with Crippen LogP contribution in [-0.2, 0) is 17.8 Å². The molecule has 0 aliphatic heterocycles. The quantitative estimate of drug-likeness (QED) is 0.856. The van der Waals surface area contributed by atoms with E-state index in [0.29, 0.717) is 13.0 Å². The van der Waals surface area contributed by atoms with Crippen molar-refractivity contribution >= 4 is 5.91 Å². The zero-order valence-electron chi connectivity index (χ0n) is 11.1. The Labute approximate surface area is 112 Å². The van der Waals surface area contributed by atoms with E-state index in [1.807, 2.05) is 25.1 Å². The number of carbonyl (C=O) groups is 1. The average Bonchev–Trinajstić information content (AvgIpc) is 2.92. The summed E-state index contributed by atoms with van der Waals surface area (Å²) >= 11 is 0. The zero-order chi connectivity index (χ0) is 13.7. The van der Waals surface area contributed by atoms with Gasteiger partial charge >= 0.3 is 0 Å². The molecule has 0 saturated heterocycles. The summed E-state index contributed by atoms with van der Waals surface area (Å²) in [5, 5.41) is 2.83. The van der Waals surface area contributed by atoms with Crippen LogP contribution in [0.5, 0.6) is 5.75 Å². The minimum Gasteiger partial charge on any atom is -0.496 e. The lowest BCUT2D eigenvalue weighted by atomic mass is 10.1. The van der Waals surface area contributed by atoms with Crippen LogP contribution in [0.3, 0.4) is 0 Å². The van der Waals surface area contributed by atoms with Crippen LogP contribution in [0.4, 0.5) is 0 Å². The van der Waals surface area contributed by atoms with E-state index in [1.165, 1.54) is 0 Å². The molecule has 0 atom stereocenters. The first-order valence-corrected chi connectivity index (χ1v) is 6.06. The third-order valence-electron chi connectivity index (χ3n) is 2.87. The Bertz CT molecular complexity index is 550. The van der Waals surface area contributed by atoms with Gasteiger partial charge in [0.15, 0.2) is 0 Å². The second-order valence-electron chi connectivity index (χ2n) is 4.33. The van der Waals surface area contributed by atoms with E-state index in [2.05, 4.69) is 15.3 Å². The highest BCUT2D eigenvalue weighted by Crippen LogP contribution is 2.19. The van der Waals surface area contributed by atoms with Crippen molar-refractivity contribution in [1.82, 2.24) is 15.3 Å². The monoisotopic (exact) mass is 259 g/mol. The maximum Gasteiger partial charge on any atom is 0.224 e. The lowest BCUT2D eigenvalue weighted by Crippen LogP contribution is -2.24. The molecule has 0 aliphatic rings. The minimum atomic E-state index is -0.0273. The molecule has 0 spiro atoms. The molecule has 0 aliphatic carbocycles. The second-order valence-corrected chi connectivity index (χ2v) is 4.33. The number of nitrogens with one attached hydrogen (secondary N) is 2. The minimum absolute atomic E-state index is 0.0273. The molecule has 0 fully saturated rings. The fourth-order valence-electron chi connectivity index (χ4n) is 1.80. The number of methoxy groups -OCH3 is 1. The van der Waals surface area contributed by atoms with Crippen LogP contribution < -0.4 is 10.1 Å². The lowest BCUT2D eigenvalue weighted by Gasteiger charge is -2.08. The first kappa shape index (κ1) is 13.1. The molecule has 100 valence electrons. The third-order valence-corrected chi connectivity index (χ3v) is 2.87. The largest absolute Gasteiger partial charge is 0.496 e. The molecule has 2 rings (SSSR count). The lowest BCUT2D eigenvalue weighted by molar-refractivity contribution is -0.120. The zero-order valence-corrected chi connectivity index (χ0v) is 11.1. The summed E-state index contributed by atoms with van der Waals surface area (Å²) in [6, 6.07) is 5.79. The predicted molar refractivity (Wildman–Crippen MR) is 71.9 cm³/mol. The number of H-pyrrole nitrogens is 1. The molecule has 19 heavy (non-hydrogen) atoms. The Hall–Kier alpha value is -2.30. The van der Waals surface area contributed by atoms with Gasteiger partial charge in [-0.15, -0.1) is 0 Å². The van der Waals surface area contributed by atoms with E-state index in [9.17, 15) is 4.79 Å². The predicted octanol–water partition coefficient (Wildman–Crippen LogP) is 1.59. The van der Waals surface area contributed by atoms with Gasteiger partial charge in [0, 0.05) is 6.20 Å². The van der Waals surface area contributed by atoms with Gasteiger partial charge in [0.2, 0.25) is 5.91 Å². The molecule has 1 aromatic heterocycles. The molecule has 2 aromatic rings. The number of nitrogens with zero attached hydrogens (tertiary/aromatic N) is 1. The molecule has 5 nitrogen and oxygen atoms in total. The molecule has 0 radical (unpaired) electrons. The van der Waals surface area contributed by atoms with E-state index in [1.54, 1.807) is 19.6 Å². The van der Waals surface area contributed by atoms with Crippen LogP contribution in [0.2, 0.25) is 0 Å². The maximum atomic E-state index is 11.8. The number of benzene rings is 1. The van der Waals surface area contributed by atoms with Crippen molar-refractivity contribution in [1.29, 1.82) is 0 Å². The number of ether oxygens (including phenoxy) is 1. The Morgan fingerprint density at radius 1 is 1.47 bits per heavy atom. The molecule has 0 bridgehead atoms. The number of aryl methyl sites for hydroxylation is 1. The van der Waals surface area contributed by atoms with Crippen LogP contribution in [0.15, 0.2) is 30.7 Å². The number of carbonyl (C=O) groups excluding carboxylic acids is 1. The van der Waals surface area contributed by atoms with Crippen LogP contribution in [0, 0.1) is 6.92 Å². The SMILES string of the molecule is COc1cc(CC(=O)NCc2cnc[nH]2)ccc1C. The van der Waals surface area contributed by atoms with Crippen LogP contribution >= 0.6 is 0 Å². The number of hydrogen-bond donors (Lipinski definition) is 2. The second kappa shape index (κ2) is 6.04. The fraction of sp³-hybridized carbons (Fsp3) is 0.286. The van der Waals surface area contributed by atoms with Gasteiger partial charge in [-0.3, -0.25) is 4.79 Å². The van der Waals surface area contributed by atoms with Crippen LogP contribution in [-0.4, -0.2) is 23.0 Å². The number of hydrogen-bond acceptors (Lipinski definition) is 3. The topological polar surface area (TPSA) is 67.0 Å². The highest BCUT2D eigenvalue weighted by atomic mass is 16.5. The number of imidazole rings is 1. The van der Waals surface area contributed by atoms with Gasteiger partial charge in [0.1, 0.15) is 5.75 Å². The molecule has 1 amide bonds. The summed E-state index contributed by atoms with van der Waals surface area (Å²) in [5.74, 6) is 0.777. The van der Waals surface area contributed by atoms with E-state index in [0.717, 1.165) is 22.6 Å². The van der Waals surface area contributed by atoms with Gasteiger partial charge in [-0.25, -0.2) is 4.98 Å². The van der Waals surface area contributed by atoms with Gasteiger partial charge in [-0.2, -0.15) is 0 Å². The number of rotatable bonds is 5. The van der Waals surface area contributed by atoms with E-state index < -0.39 is 0 Å². The standard InChI is InChI=1S/C14H17N3O2/c1-10-3-4-11(5-13(10)19-2)6-14(18)16-8-12-7-15-9-17-12/h3-5,7,9H,6,8H2,1-2H3,(H,15,17)(H,16,18). The number of amides is 1. The van der Waals surface area contributed by atoms with Crippen LogP contribution in [0.1, 0.15) is 16.8 Å². The first-order valence-electron chi connectivity index (χ1n) is 6.06. The highest BCUT2D eigenvalue weighted by molar-refractivity contribution is 5.78. The number of aromatic amines is 1. The van der Waals surface area contributed by atoms with Gasteiger partial charge < -0.3 is 15.0 Å². The molecule has 1 heterocycles. The Morgan fingerprint density at radius 3 is 3.00 bits per heavy atom. The summed E-state index contributed by atoms with van der Waals surface area (Å²) in [7, 11) is 1.63.